The number of nitrogens with zero attached hydrogens (tertiary/aromatic N) is 1. The predicted octanol–water partition coefficient (Wildman–Crippen LogP) is 3.72. The van der Waals surface area contributed by atoms with E-state index in [1.807, 2.05) is 0 Å². The summed E-state index contributed by atoms with van der Waals surface area (Å²) < 4.78 is 13.6. The van der Waals surface area contributed by atoms with E-state index in [0.717, 1.165) is 17.8 Å². The van der Waals surface area contributed by atoms with E-state index in [0.29, 0.717) is 9.92 Å². The predicted molar refractivity (Wildman–Crippen MR) is 66.7 cm³/mol. The molecule has 0 saturated carbocycles. The molecule has 0 unspecified atom stereocenters. The Hall–Kier alpha value is -1.59. The largest absolute Gasteiger partial charge is 0.478 e. The molecule has 0 radical (unpaired) electrons. The van der Waals surface area contributed by atoms with E-state index in [-0.39, 0.29) is 10.5 Å². The molecular weight excluding hydrogens is 277 g/mol. The number of benzene rings is 1. The van der Waals surface area contributed by atoms with Gasteiger partial charge in [0.2, 0.25) is 0 Å². The minimum atomic E-state index is -1.10. The summed E-state index contributed by atoms with van der Waals surface area (Å²) in [4.78, 5) is 15.5. The summed E-state index contributed by atoms with van der Waals surface area (Å²) >= 11 is 6.97. The molecule has 0 spiro atoms. The smallest absolute Gasteiger partial charge is 0.335 e. The number of carbonyl (C=O) groups is 1. The SMILES string of the molecule is O=C(O)c1ccc(F)c(Sc2ccncc2Cl)c1. The first-order chi connectivity index (χ1) is 8.58. The van der Waals surface area contributed by atoms with Crippen LogP contribution in [0.3, 0.4) is 0 Å². The average molecular weight is 284 g/mol. The van der Waals surface area contributed by atoms with Crippen LogP contribution in [-0.4, -0.2) is 16.1 Å². The normalized spacial score (nSPS) is 10.3. The highest BCUT2D eigenvalue weighted by molar-refractivity contribution is 7.99. The van der Waals surface area contributed by atoms with Gasteiger partial charge in [0.05, 0.1) is 10.6 Å². The van der Waals surface area contributed by atoms with Crippen LogP contribution < -0.4 is 0 Å². The lowest BCUT2D eigenvalue weighted by Gasteiger charge is -2.05. The van der Waals surface area contributed by atoms with Crippen LogP contribution in [0.5, 0.6) is 0 Å². The number of pyridine rings is 1. The van der Waals surface area contributed by atoms with Crippen molar-refractivity contribution >= 4 is 29.3 Å². The first-order valence-electron chi connectivity index (χ1n) is 4.88. The third-order valence-corrected chi connectivity index (χ3v) is 3.66. The molecule has 0 aliphatic rings. The summed E-state index contributed by atoms with van der Waals surface area (Å²) in [5, 5.41) is 9.24. The zero-order valence-corrected chi connectivity index (χ0v) is 10.5. The fourth-order valence-electron chi connectivity index (χ4n) is 1.28. The van der Waals surface area contributed by atoms with E-state index in [1.54, 1.807) is 6.07 Å². The Morgan fingerprint density at radius 1 is 1.33 bits per heavy atom. The molecule has 1 aromatic heterocycles. The maximum Gasteiger partial charge on any atom is 0.335 e. The zero-order valence-electron chi connectivity index (χ0n) is 8.93. The van der Waals surface area contributed by atoms with Crippen molar-refractivity contribution in [1.29, 1.82) is 0 Å². The highest BCUT2D eigenvalue weighted by atomic mass is 35.5. The third-order valence-electron chi connectivity index (χ3n) is 2.13. The molecule has 2 aromatic rings. The Labute approximate surface area is 112 Å². The van der Waals surface area contributed by atoms with Crippen molar-refractivity contribution in [1.82, 2.24) is 4.98 Å². The number of hydrogen-bond acceptors (Lipinski definition) is 3. The van der Waals surface area contributed by atoms with E-state index in [9.17, 15) is 9.18 Å². The Morgan fingerprint density at radius 3 is 2.78 bits per heavy atom. The van der Waals surface area contributed by atoms with Crippen LogP contribution in [0.2, 0.25) is 5.02 Å². The number of rotatable bonds is 3. The van der Waals surface area contributed by atoms with E-state index < -0.39 is 11.8 Å². The van der Waals surface area contributed by atoms with Crippen LogP contribution in [-0.2, 0) is 0 Å². The molecule has 0 amide bonds. The number of aromatic nitrogens is 1. The molecule has 0 fully saturated rings. The topological polar surface area (TPSA) is 50.2 Å². The molecule has 0 aliphatic carbocycles. The lowest BCUT2D eigenvalue weighted by molar-refractivity contribution is 0.0696. The van der Waals surface area contributed by atoms with Gasteiger partial charge in [0.25, 0.3) is 0 Å². The Balaban J connectivity index is 2.37. The van der Waals surface area contributed by atoms with Gasteiger partial charge in [0, 0.05) is 22.2 Å². The van der Waals surface area contributed by atoms with Crippen LogP contribution in [0.4, 0.5) is 4.39 Å². The summed E-state index contributed by atoms with van der Waals surface area (Å²) in [5.41, 5.74) is 0.0316. The molecule has 18 heavy (non-hydrogen) atoms. The molecule has 3 nitrogen and oxygen atoms in total. The van der Waals surface area contributed by atoms with Crippen molar-refractivity contribution < 1.29 is 14.3 Å². The second-order valence-corrected chi connectivity index (χ2v) is 4.85. The molecule has 6 heteroatoms. The molecule has 1 N–H and O–H groups in total. The number of halogens is 2. The second kappa shape index (κ2) is 5.37. The Kier molecular flexibility index (Phi) is 3.84. The van der Waals surface area contributed by atoms with Gasteiger partial charge in [-0.25, -0.2) is 9.18 Å². The van der Waals surface area contributed by atoms with Gasteiger partial charge in [-0.1, -0.05) is 23.4 Å². The van der Waals surface area contributed by atoms with Crippen LogP contribution in [0.1, 0.15) is 10.4 Å². The minimum absolute atomic E-state index is 0.0316. The summed E-state index contributed by atoms with van der Waals surface area (Å²) in [7, 11) is 0. The van der Waals surface area contributed by atoms with Crippen molar-refractivity contribution in [2.45, 2.75) is 9.79 Å². The number of carboxylic acid groups (broad SMARTS) is 1. The molecule has 0 atom stereocenters. The Morgan fingerprint density at radius 2 is 2.11 bits per heavy atom. The van der Waals surface area contributed by atoms with Crippen LogP contribution in [0.25, 0.3) is 0 Å². The highest BCUT2D eigenvalue weighted by Gasteiger charge is 2.11. The molecule has 1 aromatic carbocycles. The van der Waals surface area contributed by atoms with Crippen molar-refractivity contribution in [3.8, 4) is 0 Å². The maximum atomic E-state index is 13.6. The van der Waals surface area contributed by atoms with Gasteiger partial charge in [-0.05, 0) is 24.3 Å². The summed E-state index contributed by atoms with van der Waals surface area (Å²) in [6.45, 7) is 0. The summed E-state index contributed by atoms with van der Waals surface area (Å²) in [6.07, 6.45) is 2.98. The second-order valence-electron chi connectivity index (χ2n) is 3.36. The summed E-state index contributed by atoms with van der Waals surface area (Å²) in [6, 6.07) is 5.26. The fraction of sp³-hybridized carbons (Fsp3) is 0. The van der Waals surface area contributed by atoms with Gasteiger partial charge in [-0.3, -0.25) is 4.98 Å². The molecule has 92 valence electrons. The van der Waals surface area contributed by atoms with Crippen LogP contribution in [0.15, 0.2) is 46.5 Å². The van der Waals surface area contributed by atoms with Gasteiger partial charge in [0.1, 0.15) is 5.82 Å². The molecule has 2 rings (SSSR count). The number of hydrogen-bond donors (Lipinski definition) is 1. The standard InChI is InChI=1S/C12H7ClFNO2S/c13-8-6-15-4-3-10(8)18-11-5-7(12(16)17)1-2-9(11)14/h1-6H,(H,16,17). The number of carboxylic acids is 1. The van der Waals surface area contributed by atoms with Crippen molar-refractivity contribution in [2.75, 3.05) is 0 Å². The minimum Gasteiger partial charge on any atom is -0.478 e. The quantitative estimate of drug-likeness (QED) is 0.932. The van der Waals surface area contributed by atoms with Crippen molar-refractivity contribution in [2.24, 2.45) is 0 Å². The maximum absolute atomic E-state index is 13.6. The Bertz CT molecular complexity index is 606. The van der Waals surface area contributed by atoms with E-state index in [2.05, 4.69) is 4.98 Å². The van der Waals surface area contributed by atoms with Gasteiger partial charge < -0.3 is 5.11 Å². The first-order valence-corrected chi connectivity index (χ1v) is 6.07. The van der Waals surface area contributed by atoms with Gasteiger partial charge >= 0.3 is 5.97 Å². The average Bonchev–Trinajstić information content (AvgIpc) is 2.34. The van der Waals surface area contributed by atoms with Crippen molar-refractivity contribution in [3.63, 3.8) is 0 Å². The molecule has 1 heterocycles. The molecule has 0 bridgehead atoms. The van der Waals surface area contributed by atoms with Crippen LogP contribution in [0, 0.1) is 5.82 Å². The van der Waals surface area contributed by atoms with Crippen LogP contribution >= 0.6 is 23.4 Å². The first kappa shape index (κ1) is 12.9. The molecular formula is C12H7ClFNO2S. The van der Waals surface area contributed by atoms with E-state index in [4.69, 9.17) is 16.7 Å². The van der Waals surface area contributed by atoms with Gasteiger partial charge in [-0.15, -0.1) is 0 Å². The lowest BCUT2D eigenvalue weighted by atomic mass is 10.2. The monoisotopic (exact) mass is 283 g/mol. The summed E-state index contributed by atoms with van der Waals surface area (Å²) in [5.74, 6) is -1.59. The van der Waals surface area contributed by atoms with Crippen molar-refractivity contribution in [3.05, 3.63) is 53.1 Å². The van der Waals surface area contributed by atoms with Gasteiger partial charge in [0.15, 0.2) is 0 Å². The highest BCUT2D eigenvalue weighted by Crippen LogP contribution is 2.34. The fourth-order valence-corrected chi connectivity index (χ4v) is 2.38. The number of aromatic carboxylic acids is 1. The zero-order chi connectivity index (χ0) is 13.1. The lowest BCUT2D eigenvalue weighted by Crippen LogP contribution is -1.97. The van der Waals surface area contributed by atoms with E-state index >= 15 is 0 Å². The molecule has 0 saturated heterocycles. The molecule has 0 aliphatic heterocycles. The van der Waals surface area contributed by atoms with E-state index in [1.165, 1.54) is 24.5 Å². The third kappa shape index (κ3) is 2.80. The van der Waals surface area contributed by atoms with Gasteiger partial charge in [-0.2, -0.15) is 0 Å².